The van der Waals surface area contributed by atoms with Gasteiger partial charge in [0.25, 0.3) is 0 Å². The fraction of sp³-hybridized carbons (Fsp3) is 0.167. The van der Waals surface area contributed by atoms with Crippen LogP contribution < -0.4 is 5.32 Å². The van der Waals surface area contributed by atoms with Gasteiger partial charge in [-0.2, -0.15) is 0 Å². The highest BCUT2D eigenvalue weighted by atomic mass is 32.2. The van der Waals surface area contributed by atoms with Crippen LogP contribution in [0.5, 0.6) is 0 Å². The van der Waals surface area contributed by atoms with Crippen molar-refractivity contribution in [1.29, 1.82) is 0 Å². The molecule has 0 aromatic rings. The number of thioether (sulfide) groups is 1. The van der Waals surface area contributed by atoms with Gasteiger partial charge >= 0.3 is 0 Å². The summed E-state index contributed by atoms with van der Waals surface area (Å²) in [6.07, 6.45) is 0. The Kier molecular flexibility index (Phi) is 4.23. The standard InChI is InChI=1S/C6H9NS/c1-4-6(7-3)8-5-2/h5,7H,1-2H2,3H3. The van der Waals surface area contributed by atoms with E-state index in [4.69, 9.17) is 0 Å². The monoisotopic (exact) mass is 127 g/mol. The van der Waals surface area contributed by atoms with Gasteiger partial charge in [0.1, 0.15) is 5.03 Å². The van der Waals surface area contributed by atoms with Crippen LogP contribution in [0.3, 0.4) is 0 Å². The number of hydrogen-bond acceptors (Lipinski definition) is 2. The zero-order chi connectivity index (χ0) is 6.41. The van der Waals surface area contributed by atoms with Gasteiger partial charge in [-0.3, -0.25) is 0 Å². The molecule has 0 radical (unpaired) electrons. The molecule has 0 bridgehead atoms. The molecule has 0 atom stereocenters. The van der Waals surface area contributed by atoms with Crippen LogP contribution in [-0.4, -0.2) is 7.05 Å². The summed E-state index contributed by atoms with van der Waals surface area (Å²) >= 11 is 1.47. The van der Waals surface area contributed by atoms with Crippen LogP contribution in [0.25, 0.3) is 0 Å². The molecule has 0 heterocycles. The van der Waals surface area contributed by atoms with E-state index in [-0.39, 0.29) is 0 Å². The van der Waals surface area contributed by atoms with Gasteiger partial charge in [-0.05, 0) is 5.41 Å². The summed E-state index contributed by atoms with van der Waals surface area (Å²) in [7, 11) is 1.82. The second kappa shape index (κ2) is 4.57. The Labute approximate surface area is 54.2 Å². The average Bonchev–Trinajstić information content (AvgIpc) is 1.83. The van der Waals surface area contributed by atoms with E-state index in [1.54, 1.807) is 5.41 Å². The molecule has 0 aromatic heterocycles. The van der Waals surface area contributed by atoms with Crippen molar-refractivity contribution in [2.75, 3.05) is 7.05 Å². The van der Waals surface area contributed by atoms with Gasteiger partial charge in [0.2, 0.25) is 0 Å². The molecule has 0 aliphatic heterocycles. The largest absolute Gasteiger partial charge is 0.376 e. The van der Waals surface area contributed by atoms with Gasteiger partial charge in [-0.25, -0.2) is 0 Å². The summed E-state index contributed by atoms with van der Waals surface area (Å²) < 4.78 is 0. The molecular formula is C6H9NS. The first-order chi connectivity index (χ1) is 3.85. The van der Waals surface area contributed by atoms with Crippen molar-refractivity contribution in [3.63, 3.8) is 0 Å². The molecule has 0 aliphatic rings. The highest BCUT2D eigenvalue weighted by molar-refractivity contribution is 8.05. The van der Waals surface area contributed by atoms with Crippen molar-refractivity contribution in [2.24, 2.45) is 0 Å². The molecule has 8 heavy (non-hydrogen) atoms. The third kappa shape index (κ3) is 2.56. The van der Waals surface area contributed by atoms with Crippen molar-refractivity contribution in [3.8, 4) is 0 Å². The normalized spacial score (nSPS) is 7.12. The topological polar surface area (TPSA) is 12.0 Å². The molecule has 0 spiro atoms. The zero-order valence-corrected chi connectivity index (χ0v) is 5.72. The van der Waals surface area contributed by atoms with Crippen LogP contribution in [0.2, 0.25) is 0 Å². The van der Waals surface area contributed by atoms with Gasteiger partial charge in [0.15, 0.2) is 0 Å². The maximum atomic E-state index is 3.53. The number of rotatable bonds is 3. The van der Waals surface area contributed by atoms with Crippen LogP contribution in [-0.2, 0) is 0 Å². The molecule has 0 fully saturated rings. The lowest BCUT2D eigenvalue weighted by Crippen LogP contribution is -1.98. The van der Waals surface area contributed by atoms with E-state index in [0.29, 0.717) is 0 Å². The molecule has 0 amide bonds. The van der Waals surface area contributed by atoms with Gasteiger partial charge in [0, 0.05) is 7.05 Å². The molecule has 1 nitrogen and oxygen atoms in total. The summed E-state index contributed by atoms with van der Waals surface area (Å²) in [6.45, 7) is 6.99. The summed E-state index contributed by atoms with van der Waals surface area (Å²) in [5.41, 5.74) is 2.70. The average molecular weight is 127 g/mol. The van der Waals surface area contributed by atoms with Gasteiger partial charge in [-0.15, -0.1) is 0 Å². The van der Waals surface area contributed by atoms with E-state index in [0.717, 1.165) is 5.03 Å². The predicted octanol–water partition coefficient (Wildman–Crippen LogP) is 1.71. The van der Waals surface area contributed by atoms with Crippen molar-refractivity contribution >= 4 is 11.8 Å². The lowest BCUT2D eigenvalue weighted by Gasteiger charge is -1.94. The first-order valence-electron chi connectivity index (χ1n) is 2.20. The van der Waals surface area contributed by atoms with E-state index >= 15 is 0 Å². The van der Waals surface area contributed by atoms with E-state index < -0.39 is 0 Å². The van der Waals surface area contributed by atoms with Gasteiger partial charge < -0.3 is 5.32 Å². The zero-order valence-electron chi connectivity index (χ0n) is 4.90. The second-order valence-corrected chi connectivity index (χ2v) is 2.02. The van der Waals surface area contributed by atoms with Crippen molar-refractivity contribution < 1.29 is 0 Å². The Balaban J connectivity index is 3.72. The SMILES string of the molecule is C=C=C(NC)SC=C. The van der Waals surface area contributed by atoms with Crippen molar-refractivity contribution in [1.82, 2.24) is 5.32 Å². The Morgan fingerprint density at radius 3 is 2.62 bits per heavy atom. The Morgan fingerprint density at radius 1 is 1.88 bits per heavy atom. The van der Waals surface area contributed by atoms with E-state index in [2.05, 4.69) is 24.2 Å². The molecule has 44 valence electrons. The lowest BCUT2D eigenvalue weighted by molar-refractivity contribution is 1.08. The molecule has 2 heteroatoms. The number of hydrogen-bond donors (Lipinski definition) is 1. The third-order valence-corrected chi connectivity index (χ3v) is 1.34. The van der Waals surface area contributed by atoms with Crippen molar-refractivity contribution in [3.05, 3.63) is 29.3 Å². The maximum Gasteiger partial charge on any atom is 0.115 e. The minimum absolute atomic E-state index is 0.903. The minimum Gasteiger partial charge on any atom is -0.376 e. The maximum absolute atomic E-state index is 3.53. The predicted molar refractivity (Wildman–Crippen MR) is 39.5 cm³/mol. The Morgan fingerprint density at radius 2 is 2.50 bits per heavy atom. The number of nitrogens with one attached hydrogen (secondary N) is 1. The third-order valence-electron chi connectivity index (χ3n) is 0.589. The van der Waals surface area contributed by atoms with Gasteiger partial charge in [0.05, 0.1) is 0 Å². The molecule has 0 aromatic carbocycles. The summed E-state index contributed by atoms with van der Waals surface area (Å²) in [6, 6.07) is 0. The van der Waals surface area contributed by atoms with Crippen LogP contribution in [0.4, 0.5) is 0 Å². The highest BCUT2D eigenvalue weighted by Crippen LogP contribution is 2.08. The summed E-state index contributed by atoms with van der Waals surface area (Å²) in [5, 5.41) is 5.52. The van der Waals surface area contributed by atoms with E-state index in [1.165, 1.54) is 11.8 Å². The lowest BCUT2D eigenvalue weighted by atomic mass is 10.8. The smallest absolute Gasteiger partial charge is 0.115 e. The summed E-state index contributed by atoms with van der Waals surface area (Å²) in [5.74, 6) is 0. The van der Waals surface area contributed by atoms with Gasteiger partial charge in [-0.1, -0.05) is 30.7 Å². The molecule has 0 saturated heterocycles. The first kappa shape index (κ1) is 7.41. The quantitative estimate of drug-likeness (QED) is 0.579. The Bertz CT molecular complexity index is 122. The van der Waals surface area contributed by atoms with Crippen molar-refractivity contribution in [2.45, 2.75) is 0 Å². The van der Waals surface area contributed by atoms with Crippen LogP contribution in [0.1, 0.15) is 0 Å². The second-order valence-electron chi connectivity index (χ2n) is 1.04. The van der Waals surface area contributed by atoms with Crippen LogP contribution >= 0.6 is 11.8 Å². The molecule has 0 unspecified atom stereocenters. The van der Waals surface area contributed by atoms with Crippen LogP contribution in [0.15, 0.2) is 29.3 Å². The molecule has 0 rings (SSSR count). The minimum atomic E-state index is 0.903. The molecular weight excluding hydrogens is 118 g/mol. The Hall–Kier alpha value is -0.590. The molecule has 0 aliphatic carbocycles. The fourth-order valence-corrected chi connectivity index (χ4v) is 0.640. The summed E-state index contributed by atoms with van der Waals surface area (Å²) in [4.78, 5) is 0. The molecule has 1 N–H and O–H groups in total. The van der Waals surface area contributed by atoms with E-state index in [1.807, 2.05) is 7.05 Å². The van der Waals surface area contributed by atoms with Crippen LogP contribution in [0, 0.1) is 0 Å². The van der Waals surface area contributed by atoms with E-state index in [9.17, 15) is 0 Å². The molecule has 0 saturated carbocycles. The highest BCUT2D eigenvalue weighted by Gasteiger charge is 1.82. The first-order valence-corrected chi connectivity index (χ1v) is 3.08. The fourth-order valence-electron chi connectivity index (χ4n) is 0.272.